The van der Waals surface area contributed by atoms with Gasteiger partial charge < -0.3 is 0 Å². The minimum atomic E-state index is 0.0780. The molecule has 1 unspecified atom stereocenters. The zero-order valence-electron chi connectivity index (χ0n) is 10.3. The highest BCUT2D eigenvalue weighted by atomic mass is 32.2. The molecular weight excluding hydrogens is 216 g/mol. The largest absolute Gasteiger partial charge is 0.293 e. The summed E-state index contributed by atoms with van der Waals surface area (Å²) in [4.78, 5) is 12.0. The first-order chi connectivity index (χ1) is 7.65. The van der Waals surface area contributed by atoms with E-state index in [-0.39, 0.29) is 11.0 Å². The maximum Gasteiger partial charge on any atom is 0.175 e. The molecule has 0 aromatic heterocycles. The van der Waals surface area contributed by atoms with E-state index >= 15 is 0 Å². The minimum Gasteiger partial charge on any atom is -0.293 e. The fraction of sp³-hybridized carbons (Fsp3) is 0.500. The first kappa shape index (κ1) is 13.3. The molecule has 0 saturated carbocycles. The van der Waals surface area contributed by atoms with Crippen LogP contribution in [-0.2, 0) is 0 Å². The maximum atomic E-state index is 12.0. The molecule has 2 heteroatoms. The van der Waals surface area contributed by atoms with E-state index in [0.29, 0.717) is 0 Å². The van der Waals surface area contributed by atoms with Crippen molar-refractivity contribution in [1.82, 2.24) is 0 Å². The molecular formula is C14H20OS. The molecule has 0 N–H and O–H groups in total. The Labute approximate surface area is 103 Å². The second kappa shape index (κ2) is 6.74. The number of rotatable bonds is 6. The molecule has 0 fully saturated rings. The van der Waals surface area contributed by atoms with Crippen LogP contribution in [0.25, 0.3) is 0 Å². The summed E-state index contributed by atoms with van der Waals surface area (Å²) in [6, 6.07) is 7.84. The Balaban J connectivity index is 2.53. The number of hydrogen-bond acceptors (Lipinski definition) is 2. The monoisotopic (exact) mass is 236 g/mol. The van der Waals surface area contributed by atoms with Crippen LogP contribution in [0, 0.1) is 6.92 Å². The summed E-state index contributed by atoms with van der Waals surface area (Å²) < 4.78 is 0. The average molecular weight is 236 g/mol. The molecule has 0 saturated heterocycles. The van der Waals surface area contributed by atoms with Crippen LogP contribution >= 0.6 is 11.8 Å². The van der Waals surface area contributed by atoms with Crippen LogP contribution in [-0.4, -0.2) is 16.8 Å². The van der Waals surface area contributed by atoms with E-state index in [1.807, 2.05) is 38.1 Å². The first-order valence-corrected chi connectivity index (χ1v) is 6.92. The lowest BCUT2D eigenvalue weighted by atomic mass is 10.1. The third kappa shape index (κ3) is 4.01. The summed E-state index contributed by atoms with van der Waals surface area (Å²) >= 11 is 1.76. The minimum absolute atomic E-state index is 0.0780. The Morgan fingerprint density at radius 3 is 2.50 bits per heavy atom. The number of ketones is 1. The van der Waals surface area contributed by atoms with E-state index in [0.717, 1.165) is 11.3 Å². The SMILES string of the molecule is CCCCSC(C)C(=O)c1ccc(C)cc1. The quantitative estimate of drug-likeness (QED) is 0.546. The zero-order valence-corrected chi connectivity index (χ0v) is 11.1. The molecule has 1 aromatic carbocycles. The van der Waals surface area contributed by atoms with Crippen LogP contribution in [0.3, 0.4) is 0 Å². The number of carbonyl (C=O) groups is 1. The Hall–Kier alpha value is -0.760. The van der Waals surface area contributed by atoms with E-state index in [9.17, 15) is 4.79 Å². The summed E-state index contributed by atoms with van der Waals surface area (Å²) in [6.07, 6.45) is 2.38. The second-order valence-electron chi connectivity index (χ2n) is 4.10. The van der Waals surface area contributed by atoms with Gasteiger partial charge in [0.15, 0.2) is 5.78 Å². The molecule has 0 spiro atoms. The van der Waals surface area contributed by atoms with Gasteiger partial charge in [0, 0.05) is 5.56 Å². The third-order valence-electron chi connectivity index (χ3n) is 2.57. The first-order valence-electron chi connectivity index (χ1n) is 5.87. The van der Waals surface area contributed by atoms with Crippen molar-refractivity contribution < 1.29 is 4.79 Å². The van der Waals surface area contributed by atoms with Gasteiger partial charge in [0.25, 0.3) is 0 Å². The van der Waals surface area contributed by atoms with E-state index < -0.39 is 0 Å². The van der Waals surface area contributed by atoms with Crippen LogP contribution in [0.1, 0.15) is 42.6 Å². The van der Waals surface area contributed by atoms with Gasteiger partial charge in [-0.1, -0.05) is 43.2 Å². The Morgan fingerprint density at radius 2 is 1.94 bits per heavy atom. The maximum absolute atomic E-state index is 12.0. The van der Waals surface area contributed by atoms with Gasteiger partial charge in [-0.15, -0.1) is 0 Å². The molecule has 1 aromatic rings. The number of benzene rings is 1. The lowest BCUT2D eigenvalue weighted by molar-refractivity contribution is 0.0994. The number of thioether (sulfide) groups is 1. The molecule has 0 radical (unpaired) electrons. The summed E-state index contributed by atoms with van der Waals surface area (Å²) in [7, 11) is 0. The molecule has 0 bridgehead atoms. The number of Topliss-reactive ketones (excluding diaryl/α,β-unsaturated/α-hetero) is 1. The molecule has 88 valence electrons. The van der Waals surface area contributed by atoms with Crippen LogP contribution in [0.5, 0.6) is 0 Å². The summed E-state index contributed by atoms with van der Waals surface area (Å²) in [5, 5.41) is 0.0780. The Bertz CT molecular complexity index is 329. The van der Waals surface area contributed by atoms with Gasteiger partial charge in [0.1, 0.15) is 0 Å². The molecule has 1 rings (SSSR count). The lowest BCUT2D eigenvalue weighted by Crippen LogP contribution is -2.14. The van der Waals surface area contributed by atoms with Crippen molar-refractivity contribution in [2.75, 3.05) is 5.75 Å². The highest BCUT2D eigenvalue weighted by Gasteiger charge is 2.14. The Kier molecular flexibility index (Phi) is 5.61. The van der Waals surface area contributed by atoms with Gasteiger partial charge >= 0.3 is 0 Å². The van der Waals surface area contributed by atoms with Gasteiger partial charge in [-0.2, -0.15) is 11.8 Å². The molecule has 0 aliphatic heterocycles. The summed E-state index contributed by atoms with van der Waals surface area (Å²) in [5.41, 5.74) is 2.03. The van der Waals surface area contributed by atoms with Gasteiger partial charge in [0.2, 0.25) is 0 Å². The fourth-order valence-electron chi connectivity index (χ4n) is 1.43. The summed E-state index contributed by atoms with van der Waals surface area (Å²) in [5.74, 6) is 1.33. The van der Waals surface area contributed by atoms with Gasteiger partial charge in [-0.3, -0.25) is 4.79 Å². The Morgan fingerprint density at radius 1 is 1.31 bits per heavy atom. The van der Waals surface area contributed by atoms with Gasteiger partial charge in [-0.05, 0) is 26.0 Å². The molecule has 0 amide bonds. The molecule has 0 heterocycles. The number of carbonyl (C=O) groups excluding carboxylic acids is 1. The van der Waals surface area contributed by atoms with Crippen molar-refractivity contribution in [1.29, 1.82) is 0 Å². The van der Waals surface area contributed by atoms with Crippen LogP contribution in [0.2, 0.25) is 0 Å². The molecule has 16 heavy (non-hydrogen) atoms. The van der Waals surface area contributed by atoms with Gasteiger partial charge in [-0.25, -0.2) is 0 Å². The van der Waals surface area contributed by atoms with Crippen molar-refractivity contribution in [2.45, 2.75) is 38.9 Å². The predicted octanol–water partition coefficient (Wildman–Crippen LogP) is 4.10. The van der Waals surface area contributed by atoms with Crippen molar-refractivity contribution in [3.63, 3.8) is 0 Å². The van der Waals surface area contributed by atoms with Crippen molar-refractivity contribution in [3.05, 3.63) is 35.4 Å². The number of aryl methyl sites for hydroxylation is 1. The molecule has 1 nitrogen and oxygen atoms in total. The third-order valence-corrected chi connectivity index (χ3v) is 3.81. The average Bonchev–Trinajstić information content (AvgIpc) is 2.29. The van der Waals surface area contributed by atoms with Gasteiger partial charge in [0.05, 0.1) is 5.25 Å². The van der Waals surface area contributed by atoms with E-state index in [4.69, 9.17) is 0 Å². The lowest BCUT2D eigenvalue weighted by Gasteiger charge is -2.09. The van der Waals surface area contributed by atoms with Crippen LogP contribution in [0.15, 0.2) is 24.3 Å². The summed E-state index contributed by atoms with van der Waals surface area (Å²) in [6.45, 7) is 6.21. The van der Waals surface area contributed by atoms with Crippen LogP contribution < -0.4 is 0 Å². The van der Waals surface area contributed by atoms with Crippen molar-refractivity contribution in [3.8, 4) is 0 Å². The molecule has 0 aliphatic rings. The van der Waals surface area contributed by atoms with E-state index in [2.05, 4.69) is 6.92 Å². The highest BCUT2D eigenvalue weighted by Crippen LogP contribution is 2.18. The topological polar surface area (TPSA) is 17.1 Å². The molecule has 0 aliphatic carbocycles. The smallest absolute Gasteiger partial charge is 0.175 e. The zero-order chi connectivity index (χ0) is 12.0. The normalized spacial score (nSPS) is 12.4. The second-order valence-corrected chi connectivity index (χ2v) is 5.55. The van der Waals surface area contributed by atoms with Crippen molar-refractivity contribution >= 4 is 17.5 Å². The number of unbranched alkanes of at least 4 members (excludes halogenated alkanes) is 1. The number of hydrogen-bond donors (Lipinski definition) is 0. The van der Waals surface area contributed by atoms with E-state index in [1.165, 1.54) is 18.4 Å². The fourth-order valence-corrected chi connectivity index (χ4v) is 2.53. The van der Waals surface area contributed by atoms with Crippen LogP contribution in [0.4, 0.5) is 0 Å². The highest BCUT2D eigenvalue weighted by molar-refractivity contribution is 8.00. The standard InChI is InChI=1S/C14H20OS/c1-4-5-10-16-12(3)14(15)13-8-6-11(2)7-9-13/h6-9,12H,4-5,10H2,1-3H3. The molecule has 1 atom stereocenters. The van der Waals surface area contributed by atoms with Crippen molar-refractivity contribution in [2.24, 2.45) is 0 Å². The predicted molar refractivity (Wildman–Crippen MR) is 72.3 cm³/mol. The van der Waals surface area contributed by atoms with E-state index in [1.54, 1.807) is 11.8 Å².